The molecule has 2 fully saturated rings. The van der Waals surface area contributed by atoms with E-state index in [0.29, 0.717) is 18.0 Å². The van der Waals surface area contributed by atoms with Gasteiger partial charge in [-0.15, -0.1) is 0 Å². The quantitative estimate of drug-likeness (QED) is 0.926. The summed E-state index contributed by atoms with van der Waals surface area (Å²) in [5.74, 6) is 2.18. The number of methoxy groups -OCH3 is 2. The summed E-state index contributed by atoms with van der Waals surface area (Å²) in [6.07, 6.45) is 5.05. The van der Waals surface area contributed by atoms with E-state index in [9.17, 15) is 0 Å². The van der Waals surface area contributed by atoms with Gasteiger partial charge < -0.3 is 20.1 Å². The van der Waals surface area contributed by atoms with E-state index in [-0.39, 0.29) is 6.04 Å². The average Bonchev–Trinajstić information content (AvgIpc) is 2.74. The fraction of sp³-hybridized carbons (Fsp3) is 0.647. The van der Waals surface area contributed by atoms with Crippen molar-refractivity contribution in [1.29, 1.82) is 0 Å². The molecule has 2 N–H and O–H groups in total. The van der Waals surface area contributed by atoms with Crippen LogP contribution in [-0.2, 0) is 0 Å². The Labute approximate surface area is 127 Å². The fourth-order valence-corrected chi connectivity index (χ4v) is 4.04. The molecule has 1 aromatic rings. The van der Waals surface area contributed by atoms with Gasteiger partial charge in [-0.2, -0.15) is 0 Å². The molecule has 3 atom stereocenters. The van der Waals surface area contributed by atoms with E-state index >= 15 is 0 Å². The van der Waals surface area contributed by atoms with Crippen LogP contribution in [0.5, 0.6) is 11.5 Å². The minimum atomic E-state index is 0.0609. The molecule has 0 radical (unpaired) electrons. The summed E-state index contributed by atoms with van der Waals surface area (Å²) in [6.45, 7) is 0. The number of ether oxygens (including phenoxy) is 2. The van der Waals surface area contributed by atoms with Crippen molar-refractivity contribution in [3.63, 3.8) is 0 Å². The first-order chi connectivity index (χ1) is 10.1. The van der Waals surface area contributed by atoms with Crippen LogP contribution >= 0.6 is 0 Å². The number of hydrogen-bond donors (Lipinski definition) is 1. The number of fused-ring (bicyclic) bond motifs is 2. The van der Waals surface area contributed by atoms with E-state index in [1.165, 1.54) is 25.7 Å². The zero-order chi connectivity index (χ0) is 15.0. The van der Waals surface area contributed by atoms with Crippen molar-refractivity contribution in [3.8, 4) is 11.5 Å². The van der Waals surface area contributed by atoms with Crippen molar-refractivity contribution in [2.75, 3.05) is 21.3 Å². The summed E-state index contributed by atoms with van der Waals surface area (Å²) in [5.41, 5.74) is 7.71. The number of nitrogens with two attached hydrogens (primary N) is 1. The van der Waals surface area contributed by atoms with Crippen molar-refractivity contribution in [1.82, 2.24) is 4.90 Å². The molecule has 3 rings (SSSR count). The SMILES string of the molecule is COc1cc(OC)cc(C(N)C2CC3CCC(C2)N3C)c1. The van der Waals surface area contributed by atoms with Crippen molar-refractivity contribution in [2.24, 2.45) is 11.7 Å². The zero-order valence-electron chi connectivity index (χ0n) is 13.2. The highest BCUT2D eigenvalue weighted by Crippen LogP contribution is 2.42. The molecule has 2 heterocycles. The molecule has 0 spiro atoms. The maximum Gasteiger partial charge on any atom is 0.122 e. The minimum absolute atomic E-state index is 0.0609. The van der Waals surface area contributed by atoms with Gasteiger partial charge in [0.15, 0.2) is 0 Å². The number of piperidine rings is 1. The van der Waals surface area contributed by atoms with E-state index in [1.807, 2.05) is 18.2 Å². The first kappa shape index (κ1) is 14.7. The van der Waals surface area contributed by atoms with Crippen LogP contribution in [0.4, 0.5) is 0 Å². The van der Waals surface area contributed by atoms with E-state index in [0.717, 1.165) is 17.1 Å². The molecule has 0 aromatic heterocycles. The van der Waals surface area contributed by atoms with Crippen LogP contribution in [0.2, 0.25) is 0 Å². The lowest BCUT2D eigenvalue weighted by molar-refractivity contribution is 0.120. The van der Waals surface area contributed by atoms with E-state index in [4.69, 9.17) is 15.2 Å². The Morgan fingerprint density at radius 2 is 1.57 bits per heavy atom. The molecule has 4 heteroatoms. The van der Waals surface area contributed by atoms with Crippen LogP contribution in [-0.4, -0.2) is 38.3 Å². The second-order valence-electron chi connectivity index (χ2n) is 6.45. The van der Waals surface area contributed by atoms with Gasteiger partial charge in [0, 0.05) is 24.2 Å². The predicted molar refractivity (Wildman–Crippen MR) is 83.8 cm³/mol. The molecule has 1 aromatic carbocycles. The molecule has 2 saturated heterocycles. The molecule has 3 unspecified atom stereocenters. The summed E-state index contributed by atoms with van der Waals surface area (Å²) in [5, 5.41) is 0. The van der Waals surface area contributed by atoms with Crippen LogP contribution in [0.25, 0.3) is 0 Å². The number of benzene rings is 1. The Morgan fingerprint density at radius 3 is 2.05 bits per heavy atom. The van der Waals surface area contributed by atoms with Gasteiger partial charge in [0.05, 0.1) is 14.2 Å². The smallest absolute Gasteiger partial charge is 0.122 e. The molecule has 2 aliphatic rings. The molecule has 116 valence electrons. The largest absolute Gasteiger partial charge is 0.497 e. The van der Waals surface area contributed by atoms with Gasteiger partial charge in [0.1, 0.15) is 11.5 Å². The normalized spacial score (nSPS) is 30.2. The second-order valence-corrected chi connectivity index (χ2v) is 6.45. The molecule has 0 aliphatic carbocycles. The first-order valence-electron chi connectivity index (χ1n) is 7.83. The van der Waals surface area contributed by atoms with Gasteiger partial charge in [-0.25, -0.2) is 0 Å². The van der Waals surface area contributed by atoms with Gasteiger partial charge >= 0.3 is 0 Å². The lowest BCUT2D eigenvalue weighted by Gasteiger charge is -2.39. The number of hydrogen-bond acceptors (Lipinski definition) is 4. The first-order valence-corrected chi connectivity index (χ1v) is 7.83. The molecule has 21 heavy (non-hydrogen) atoms. The van der Waals surface area contributed by atoms with Crippen LogP contribution in [0, 0.1) is 5.92 Å². The summed E-state index contributed by atoms with van der Waals surface area (Å²) in [7, 11) is 5.62. The monoisotopic (exact) mass is 290 g/mol. The summed E-state index contributed by atoms with van der Waals surface area (Å²) in [6, 6.07) is 7.49. The highest BCUT2D eigenvalue weighted by Gasteiger charge is 2.40. The highest BCUT2D eigenvalue weighted by atomic mass is 16.5. The Kier molecular flexibility index (Phi) is 4.09. The number of nitrogens with zero attached hydrogens (tertiary/aromatic N) is 1. The van der Waals surface area contributed by atoms with E-state index in [1.54, 1.807) is 14.2 Å². The Hall–Kier alpha value is -1.26. The molecule has 0 amide bonds. The summed E-state index contributed by atoms with van der Waals surface area (Å²) >= 11 is 0. The highest BCUT2D eigenvalue weighted by molar-refractivity contribution is 5.40. The standard InChI is InChI=1S/C17H26N2O2/c1-19-13-4-5-14(19)7-11(6-13)17(18)12-8-15(20-2)10-16(9-12)21-3/h8-11,13-14,17H,4-7,18H2,1-3H3. The van der Waals surface area contributed by atoms with Crippen molar-refractivity contribution >= 4 is 0 Å². The fourth-order valence-electron chi connectivity index (χ4n) is 4.04. The number of rotatable bonds is 4. The van der Waals surface area contributed by atoms with Gasteiger partial charge in [0.2, 0.25) is 0 Å². The third kappa shape index (κ3) is 2.74. The maximum absolute atomic E-state index is 6.58. The van der Waals surface area contributed by atoms with Crippen LogP contribution in [0.15, 0.2) is 18.2 Å². The lowest BCUT2D eigenvalue weighted by Crippen LogP contribution is -2.42. The minimum Gasteiger partial charge on any atom is -0.497 e. The van der Waals surface area contributed by atoms with Gasteiger partial charge in [-0.1, -0.05) is 0 Å². The Morgan fingerprint density at radius 1 is 1.05 bits per heavy atom. The van der Waals surface area contributed by atoms with Crippen LogP contribution in [0.3, 0.4) is 0 Å². The Balaban J connectivity index is 1.80. The Bertz CT molecular complexity index is 469. The van der Waals surface area contributed by atoms with Gasteiger partial charge in [-0.3, -0.25) is 0 Å². The second kappa shape index (κ2) is 5.85. The van der Waals surface area contributed by atoms with Crippen LogP contribution < -0.4 is 15.2 Å². The molecular formula is C17H26N2O2. The van der Waals surface area contributed by atoms with E-state index in [2.05, 4.69) is 11.9 Å². The molecule has 4 nitrogen and oxygen atoms in total. The van der Waals surface area contributed by atoms with Gasteiger partial charge in [-0.05, 0) is 56.3 Å². The lowest BCUT2D eigenvalue weighted by atomic mass is 9.82. The van der Waals surface area contributed by atoms with Crippen molar-refractivity contribution in [2.45, 2.75) is 43.8 Å². The van der Waals surface area contributed by atoms with Crippen molar-refractivity contribution in [3.05, 3.63) is 23.8 Å². The topological polar surface area (TPSA) is 47.7 Å². The molecule has 2 bridgehead atoms. The summed E-state index contributed by atoms with van der Waals surface area (Å²) in [4.78, 5) is 2.55. The maximum atomic E-state index is 6.58. The predicted octanol–water partition coefficient (Wildman–Crippen LogP) is 2.58. The molecular weight excluding hydrogens is 264 g/mol. The average molecular weight is 290 g/mol. The van der Waals surface area contributed by atoms with Gasteiger partial charge in [0.25, 0.3) is 0 Å². The summed E-state index contributed by atoms with van der Waals surface area (Å²) < 4.78 is 10.7. The van der Waals surface area contributed by atoms with E-state index < -0.39 is 0 Å². The van der Waals surface area contributed by atoms with Crippen LogP contribution in [0.1, 0.15) is 37.3 Å². The molecule has 0 saturated carbocycles. The third-order valence-electron chi connectivity index (χ3n) is 5.40. The van der Waals surface area contributed by atoms with Crippen molar-refractivity contribution < 1.29 is 9.47 Å². The molecule has 2 aliphatic heterocycles. The third-order valence-corrected chi connectivity index (χ3v) is 5.40. The zero-order valence-corrected chi connectivity index (χ0v) is 13.2.